The molecule has 28 heavy (non-hydrogen) atoms. The van der Waals surface area contributed by atoms with Crippen LogP contribution in [0.1, 0.15) is 37.8 Å². The fourth-order valence-electron chi connectivity index (χ4n) is 2.64. The summed E-state index contributed by atoms with van der Waals surface area (Å²) in [7, 11) is 1.56. The molecule has 1 aliphatic rings. The number of ether oxygens (including phenoxy) is 2. The molecule has 1 saturated heterocycles. The molecule has 152 valence electrons. The lowest BCUT2D eigenvalue weighted by Crippen LogP contribution is -2.39. The monoisotopic (exact) mass is 406 g/mol. The Bertz CT molecular complexity index is 791. The molecule has 0 atom stereocenters. The summed E-state index contributed by atoms with van der Waals surface area (Å²) in [6, 6.07) is 3.60. The van der Waals surface area contributed by atoms with Crippen molar-refractivity contribution in [1.29, 1.82) is 0 Å². The zero-order chi connectivity index (χ0) is 20.7. The summed E-state index contributed by atoms with van der Waals surface area (Å²) in [5, 5.41) is 2.27. The number of methoxy groups -OCH3 is 1. The van der Waals surface area contributed by atoms with Gasteiger partial charge < -0.3 is 14.8 Å². The van der Waals surface area contributed by atoms with Crippen LogP contribution in [0.25, 0.3) is 6.08 Å². The number of nitrogens with zero attached hydrogens (tertiary/aromatic N) is 1. The maximum Gasteiger partial charge on any atom is 0.294 e. The normalized spacial score (nSPS) is 15.3. The van der Waals surface area contributed by atoms with Gasteiger partial charge in [-0.2, -0.15) is 0 Å². The smallest absolute Gasteiger partial charge is 0.294 e. The number of nitrogens with one attached hydrogen (secondary N) is 1. The molecule has 1 aromatic carbocycles. The Morgan fingerprint density at radius 2 is 2.00 bits per heavy atom. The van der Waals surface area contributed by atoms with Crippen LogP contribution in [0.2, 0.25) is 0 Å². The largest absolute Gasteiger partial charge is 0.493 e. The first-order valence-corrected chi connectivity index (χ1v) is 10.1. The zero-order valence-electron chi connectivity index (χ0n) is 16.7. The van der Waals surface area contributed by atoms with Gasteiger partial charge >= 0.3 is 0 Å². The first-order chi connectivity index (χ1) is 13.4. The Morgan fingerprint density at radius 3 is 2.64 bits per heavy atom. The van der Waals surface area contributed by atoms with E-state index in [9.17, 15) is 14.4 Å². The molecule has 3 amide bonds. The van der Waals surface area contributed by atoms with Crippen LogP contribution in [0.5, 0.6) is 11.5 Å². The van der Waals surface area contributed by atoms with E-state index in [1.807, 2.05) is 26.8 Å². The van der Waals surface area contributed by atoms with Gasteiger partial charge in [-0.15, -0.1) is 0 Å². The zero-order valence-corrected chi connectivity index (χ0v) is 17.5. The van der Waals surface area contributed by atoms with Gasteiger partial charge in [0, 0.05) is 6.54 Å². The second-order valence-electron chi connectivity index (χ2n) is 6.26. The van der Waals surface area contributed by atoms with Crippen LogP contribution in [-0.4, -0.2) is 48.8 Å². The van der Waals surface area contributed by atoms with Crippen LogP contribution >= 0.6 is 11.8 Å². The highest BCUT2D eigenvalue weighted by molar-refractivity contribution is 8.18. The lowest BCUT2D eigenvalue weighted by Gasteiger charge is -2.13. The Labute approximate surface area is 169 Å². The molecule has 8 heteroatoms. The standard InChI is InChI=1S/C20H26N2O5S/c1-5-7-8-21-18(23)12-22-19(24)17(28-20(22)25)11-14-10-16(27-6-2)15(26-4)9-13(14)3/h9-11H,5-8,12H2,1-4H3,(H,21,23)/b17-11-. The number of aryl methyl sites for hydroxylation is 1. The quantitative estimate of drug-likeness (QED) is 0.500. The molecule has 0 aromatic heterocycles. The van der Waals surface area contributed by atoms with E-state index in [-0.39, 0.29) is 17.4 Å². The summed E-state index contributed by atoms with van der Waals surface area (Å²) >= 11 is 0.831. The van der Waals surface area contributed by atoms with Crippen molar-refractivity contribution in [1.82, 2.24) is 10.2 Å². The fraction of sp³-hybridized carbons (Fsp3) is 0.450. The van der Waals surface area contributed by atoms with Crippen LogP contribution in [0.15, 0.2) is 17.0 Å². The highest BCUT2D eigenvalue weighted by atomic mass is 32.2. The molecule has 0 bridgehead atoms. The summed E-state index contributed by atoms with van der Waals surface area (Å²) in [6.45, 7) is 6.52. The number of benzene rings is 1. The number of carbonyl (C=O) groups excluding carboxylic acids is 3. The Kier molecular flexibility index (Phi) is 7.92. The molecule has 1 heterocycles. The minimum atomic E-state index is -0.464. The van der Waals surface area contributed by atoms with Crippen LogP contribution in [0, 0.1) is 6.92 Å². The topological polar surface area (TPSA) is 84.9 Å². The average Bonchev–Trinajstić information content (AvgIpc) is 2.92. The van der Waals surface area contributed by atoms with Crippen molar-refractivity contribution in [3.05, 3.63) is 28.2 Å². The van der Waals surface area contributed by atoms with E-state index in [2.05, 4.69) is 5.32 Å². The van der Waals surface area contributed by atoms with Crippen molar-refractivity contribution < 1.29 is 23.9 Å². The van der Waals surface area contributed by atoms with Gasteiger partial charge in [-0.3, -0.25) is 19.3 Å². The summed E-state index contributed by atoms with van der Waals surface area (Å²) in [5.74, 6) is 0.370. The SMILES string of the molecule is CCCCNC(=O)CN1C(=O)S/C(=C\c2cc(OCC)c(OC)cc2C)C1=O. The van der Waals surface area contributed by atoms with Gasteiger partial charge in [0.15, 0.2) is 11.5 Å². The number of thioether (sulfide) groups is 1. The van der Waals surface area contributed by atoms with Crippen molar-refractivity contribution in [2.45, 2.75) is 33.6 Å². The van der Waals surface area contributed by atoms with Crippen molar-refractivity contribution in [2.75, 3.05) is 26.8 Å². The third kappa shape index (κ3) is 5.28. The van der Waals surface area contributed by atoms with E-state index < -0.39 is 11.1 Å². The molecular weight excluding hydrogens is 380 g/mol. The maximum atomic E-state index is 12.6. The number of unbranched alkanes of at least 4 members (excludes halogenated alkanes) is 1. The van der Waals surface area contributed by atoms with Crippen molar-refractivity contribution in [3.8, 4) is 11.5 Å². The van der Waals surface area contributed by atoms with Gasteiger partial charge in [-0.1, -0.05) is 13.3 Å². The number of hydrogen-bond donors (Lipinski definition) is 1. The highest BCUT2D eigenvalue weighted by Crippen LogP contribution is 2.36. The molecule has 0 aliphatic carbocycles. The number of carbonyl (C=O) groups is 3. The third-order valence-corrected chi connectivity index (χ3v) is 5.07. The van der Waals surface area contributed by atoms with E-state index in [1.165, 1.54) is 0 Å². The molecule has 1 aliphatic heterocycles. The number of imide groups is 1. The predicted octanol–water partition coefficient (Wildman–Crippen LogP) is 3.35. The Balaban J connectivity index is 2.19. The molecule has 0 radical (unpaired) electrons. The summed E-state index contributed by atoms with van der Waals surface area (Å²) in [4.78, 5) is 38.0. The summed E-state index contributed by atoms with van der Waals surface area (Å²) in [6.07, 6.45) is 3.46. The molecule has 7 nitrogen and oxygen atoms in total. The lowest BCUT2D eigenvalue weighted by molar-refractivity contribution is -0.129. The maximum absolute atomic E-state index is 12.6. The molecule has 1 N–H and O–H groups in total. The molecule has 0 saturated carbocycles. The Hall–Kier alpha value is -2.48. The van der Waals surface area contributed by atoms with E-state index >= 15 is 0 Å². The van der Waals surface area contributed by atoms with Gasteiger partial charge in [0.05, 0.1) is 18.6 Å². The molecule has 2 rings (SSSR count). The molecular formula is C20H26N2O5S. The van der Waals surface area contributed by atoms with Gasteiger partial charge in [-0.05, 0) is 61.4 Å². The number of hydrogen-bond acceptors (Lipinski definition) is 6. The first-order valence-electron chi connectivity index (χ1n) is 9.24. The second-order valence-corrected chi connectivity index (χ2v) is 7.26. The van der Waals surface area contributed by atoms with Crippen LogP contribution in [0.3, 0.4) is 0 Å². The summed E-state index contributed by atoms with van der Waals surface area (Å²) < 4.78 is 10.9. The van der Waals surface area contributed by atoms with Gasteiger partial charge in [-0.25, -0.2) is 0 Å². The average molecular weight is 407 g/mol. The van der Waals surface area contributed by atoms with E-state index in [0.29, 0.717) is 24.7 Å². The van der Waals surface area contributed by atoms with E-state index in [4.69, 9.17) is 9.47 Å². The minimum absolute atomic E-state index is 0.266. The van der Waals surface area contributed by atoms with Gasteiger partial charge in [0.2, 0.25) is 5.91 Å². The number of amides is 3. The van der Waals surface area contributed by atoms with Crippen LogP contribution < -0.4 is 14.8 Å². The molecule has 1 aromatic rings. The fourth-order valence-corrected chi connectivity index (χ4v) is 3.47. The molecule has 1 fully saturated rings. The number of rotatable bonds is 9. The molecule has 0 spiro atoms. The highest BCUT2D eigenvalue weighted by Gasteiger charge is 2.36. The van der Waals surface area contributed by atoms with Gasteiger partial charge in [0.25, 0.3) is 11.1 Å². The van der Waals surface area contributed by atoms with E-state index in [1.54, 1.807) is 19.3 Å². The third-order valence-electron chi connectivity index (χ3n) is 4.17. The molecule has 0 unspecified atom stereocenters. The second kappa shape index (κ2) is 10.2. The van der Waals surface area contributed by atoms with E-state index in [0.717, 1.165) is 40.6 Å². The Morgan fingerprint density at radius 1 is 1.25 bits per heavy atom. The van der Waals surface area contributed by atoms with Crippen molar-refractivity contribution in [2.24, 2.45) is 0 Å². The lowest BCUT2D eigenvalue weighted by atomic mass is 10.1. The first kappa shape index (κ1) is 21.8. The van der Waals surface area contributed by atoms with Crippen LogP contribution in [0.4, 0.5) is 4.79 Å². The van der Waals surface area contributed by atoms with Crippen LogP contribution in [-0.2, 0) is 9.59 Å². The van der Waals surface area contributed by atoms with Gasteiger partial charge in [0.1, 0.15) is 6.54 Å². The van der Waals surface area contributed by atoms with Crippen molar-refractivity contribution in [3.63, 3.8) is 0 Å². The van der Waals surface area contributed by atoms with Crippen molar-refractivity contribution >= 4 is 34.9 Å². The summed E-state index contributed by atoms with van der Waals surface area (Å²) in [5.41, 5.74) is 1.63. The minimum Gasteiger partial charge on any atom is -0.493 e. The predicted molar refractivity (Wildman–Crippen MR) is 109 cm³/mol.